The first-order chi connectivity index (χ1) is 5.81. The van der Waals surface area contributed by atoms with E-state index in [2.05, 4.69) is 27.2 Å². The monoisotopic (exact) mass is 169 g/mol. The molecule has 0 bridgehead atoms. The Labute approximate surface area is 78.8 Å². The first-order valence-corrected chi connectivity index (χ1v) is 5.62. The molecule has 0 heteroatoms. The van der Waals surface area contributed by atoms with Gasteiger partial charge in [-0.05, 0) is 18.8 Å². The highest BCUT2D eigenvalue weighted by molar-refractivity contribution is 4.66. The maximum absolute atomic E-state index is 2.41. The molecule has 0 aliphatic rings. The number of rotatable bonds is 8. The molecule has 1 unspecified atom stereocenters. The Balaban J connectivity index is 3.02. The average molecular weight is 169 g/mol. The molecule has 1 radical (unpaired) electrons. The summed E-state index contributed by atoms with van der Waals surface area (Å²) in [6.07, 6.45) is 12.0. The lowest BCUT2D eigenvalue weighted by atomic mass is 9.97. The van der Waals surface area contributed by atoms with E-state index >= 15 is 0 Å². The van der Waals surface area contributed by atoms with Crippen molar-refractivity contribution >= 4 is 0 Å². The minimum Gasteiger partial charge on any atom is -0.0654 e. The van der Waals surface area contributed by atoms with Crippen molar-refractivity contribution < 1.29 is 0 Å². The zero-order chi connectivity index (χ0) is 9.23. The van der Waals surface area contributed by atoms with Crippen molar-refractivity contribution in [3.05, 3.63) is 6.42 Å². The molecule has 0 amide bonds. The quantitative estimate of drug-likeness (QED) is 0.466. The first kappa shape index (κ1) is 12.0. The summed E-state index contributed by atoms with van der Waals surface area (Å²) in [6, 6.07) is 0. The zero-order valence-electron chi connectivity index (χ0n) is 9.10. The molecule has 1 atom stereocenters. The third-order valence-electron chi connectivity index (χ3n) is 2.41. The fourth-order valence-corrected chi connectivity index (χ4v) is 1.49. The number of hydrogen-bond acceptors (Lipinski definition) is 0. The maximum Gasteiger partial charge on any atom is -0.0386 e. The van der Waals surface area contributed by atoms with Crippen LogP contribution in [0.2, 0.25) is 0 Å². The molecule has 0 heterocycles. The fourth-order valence-electron chi connectivity index (χ4n) is 1.49. The van der Waals surface area contributed by atoms with Crippen LogP contribution in [-0.2, 0) is 0 Å². The topological polar surface area (TPSA) is 0 Å². The molecule has 73 valence electrons. The Hall–Kier alpha value is 0. The van der Waals surface area contributed by atoms with E-state index in [9.17, 15) is 0 Å². The Morgan fingerprint density at radius 2 is 1.83 bits per heavy atom. The molecular weight excluding hydrogens is 144 g/mol. The number of unbranched alkanes of at least 4 members (excludes halogenated alkanes) is 4. The van der Waals surface area contributed by atoms with E-state index in [1.807, 2.05) is 0 Å². The lowest BCUT2D eigenvalue weighted by Gasteiger charge is -2.09. The summed E-state index contributed by atoms with van der Waals surface area (Å²) >= 11 is 0. The Morgan fingerprint density at radius 1 is 1.08 bits per heavy atom. The second kappa shape index (κ2) is 9.09. The molecule has 0 aromatic rings. The summed E-state index contributed by atoms with van der Waals surface area (Å²) in [5.74, 6) is 0.918. The molecular formula is C12H25. The third-order valence-corrected chi connectivity index (χ3v) is 2.41. The Morgan fingerprint density at radius 3 is 2.42 bits per heavy atom. The summed E-state index contributed by atoms with van der Waals surface area (Å²) in [7, 11) is 0. The van der Waals surface area contributed by atoms with Gasteiger partial charge in [0, 0.05) is 0 Å². The van der Waals surface area contributed by atoms with Gasteiger partial charge in [0.2, 0.25) is 0 Å². The van der Waals surface area contributed by atoms with Crippen molar-refractivity contribution in [3.63, 3.8) is 0 Å². The minimum atomic E-state index is 0.918. The van der Waals surface area contributed by atoms with E-state index < -0.39 is 0 Å². The second-order valence-electron chi connectivity index (χ2n) is 3.89. The highest BCUT2D eigenvalue weighted by Gasteiger charge is 2.00. The van der Waals surface area contributed by atoms with Crippen LogP contribution in [0.5, 0.6) is 0 Å². The van der Waals surface area contributed by atoms with Gasteiger partial charge in [0.15, 0.2) is 0 Å². The van der Waals surface area contributed by atoms with Crippen molar-refractivity contribution in [1.82, 2.24) is 0 Å². The van der Waals surface area contributed by atoms with Crippen molar-refractivity contribution in [3.8, 4) is 0 Å². The van der Waals surface area contributed by atoms with E-state index in [0.717, 1.165) is 5.92 Å². The second-order valence-corrected chi connectivity index (χ2v) is 3.89. The van der Waals surface area contributed by atoms with E-state index in [1.54, 1.807) is 0 Å². The van der Waals surface area contributed by atoms with Gasteiger partial charge in [0.1, 0.15) is 0 Å². The van der Waals surface area contributed by atoms with Crippen molar-refractivity contribution in [2.45, 2.75) is 65.7 Å². The fraction of sp³-hybridized carbons (Fsp3) is 0.917. The molecule has 0 aliphatic carbocycles. The molecule has 0 fully saturated rings. The smallest absolute Gasteiger partial charge is 0.0386 e. The highest BCUT2D eigenvalue weighted by atomic mass is 14.1. The van der Waals surface area contributed by atoms with Crippen molar-refractivity contribution in [2.75, 3.05) is 0 Å². The molecule has 0 spiro atoms. The standard InChI is InChI=1S/C12H25/c1-4-6-8-9-11-12(3)10-7-5-2/h7,12H,4-6,8-11H2,1-3H3. The van der Waals surface area contributed by atoms with E-state index in [-0.39, 0.29) is 0 Å². The van der Waals surface area contributed by atoms with E-state index in [1.165, 1.54) is 44.9 Å². The average Bonchev–Trinajstić information content (AvgIpc) is 2.09. The summed E-state index contributed by atoms with van der Waals surface area (Å²) in [6.45, 7) is 6.87. The van der Waals surface area contributed by atoms with Crippen LogP contribution < -0.4 is 0 Å². The molecule has 0 nitrogen and oxygen atoms in total. The number of hydrogen-bond donors (Lipinski definition) is 0. The first-order valence-electron chi connectivity index (χ1n) is 5.62. The molecule has 0 N–H and O–H groups in total. The molecule has 0 saturated carbocycles. The third kappa shape index (κ3) is 8.10. The summed E-state index contributed by atoms with van der Waals surface area (Å²) in [4.78, 5) is 0. The predicted octanol–water partition coefficient (Wildman–Crippen LogP) is 4.60. The van der Waals surface area contributed by atoms with Crippen LogP contribution in [0, 0.1) is 12.3 Å². The van der Waals surface area contributed by atoms with Gasteiger partial charge in [-0.15, -0.1) is 0 Å². The van der Waals surface area contributed by atoms with Crippen LogP contribution in [-0.4, -0.2) is 0 Å². The molecule has 0 rings (SSSR count). The maximum atomic E-state index is 2.41. The van der Waals surface area contributed by atoms with Gasteiger partial charge < -0.3 is 0 Å². The molecule has 0 saturated heterocycles. The van der Waals surface area contributed by atoms with Crippen LogP contribution in [0.25, 0.3) is 0 Å². The lowest BCUT2D eigenvalue weighted by molar-refractivity contribution is 0.480. The van der Waals surface area contributed by atoms with Gasteiger partial charge in [-0.2, -0.15) is 0 Å². The van der Waals surface area contributed by atoms with E-state index in [4.69, 9.17) is 0 Å². The van der Waals surface area contributed by atoms with Crippen molar-refractivity contribution in [1.29, 1.82) is 0 Å². The molecule has 0 aromatic carbocycles. The molecule has 12 heavy (non-hydrogen) atoms. The van der Waals surface area contributed by atoms with Crippen LogP contribution in [0.1, 0.15) is 65.7 Å². The van der Waals surface area contributed by atoms with Crippen LogP contribution in [0.15, 0.2) is 0 Å². The molecule has 0 aliphatic heterocycles. The van der Waals surface area contributed by atoms with Gasteiger partial charge in [0.25, 0.3) is 0 Å². The molecule has 0 aromatic heterocycles. The van der Waals surface area contributed by atoms with Gasteiger partial charge in [-0.25, -0.2) is 0 Å². The van der Waals surface area contributed by atoms with Gasteiger partial charge in [0.05, 0.1) is 0 Å². The van der Waals surface area contributed by atoms with Crippen LogP contribution in [0.3, 0.4) is 0 Å². The van der Waals surface area contributed by atoms with Gasteiger partial charge in [-0.3, -0.25) is 0 Å². The highest BCUT2D eigenvalue weighted by Crippen LogP contribution is 2.15. The SMILES string of the molecule is CC[CH]CC(C)CCCCCC. The van der Waals surface area contributed by atoms with E-state index in [0.29, 0.717) is 0 Å². The van der Waals surface area contributed by atoms with Crippen LogP contribution in [0.4, 0.5) is 0 Å². The summed E-state index contributed by atoms with van der Waals surface area (Å²) in [5.41, 5.74) is 0. The Bertz CT molecular complexity index is 76.1. The lowest BCUT2D eigenvalue weighted by Crippen LogP contribution is -1.94. The zero-order valence-corrected chi connectivity index (χ0v) is 9.10. The van der Waals surface area contributed by atoms with Crippen molar-refractivity contribution in [2.24, 2.45) is 5.92 Å². The predicted molar refractivity (Wildman–Crippen MR) is 57.1 cm³/mol. The summed E-state index contributed by atoms with van der Waals surface area (Å²) in [5, 5.41) is 0. The largest absolute Gasteiger partial charge is 0.0654 e. The van der Waals surface area contributed by atoms with Gasteiger partial charge in [-0.1, -0.05) is 59.3 Å². The summed E-state index contributed by atoms with van der Waals surface area (Å²) < 4.78 is 0. The van der Waals surface area contributed by atoms with Gasteiger partial charge >= 0.3 is 0 Å². The Kier molecular flexibility index (Phi) is 9.09. The normalized spacial score (nSPS) is 13.2. The van der Waals surface area contributed by atoms with Crippen LogP contribution >= 0.6 is 0 Å². The minimum absolute atomic E-state index is 0.918.